The van der Waals surface area contributed by atoms with Gasteiger partial charge in [0.2, 0.25) is 15.9 Å². The van der Waals surface area contributed by atoms with Crippen LogP contribution in [0.25, 0.3) is 0 Å². The second-order valence-corrected chi connectivity index (χ2v) is 9.04. The maximum atomic E-state index is 12.3. The van der Waals surface area contributed by atoms with E-state index in [9.17, 15) is 13.2 Å². The molecule has 0 bridgehead atoms. The Labute approximate surface area is 151 Å². The van der Waals surface area contributed by atoms with Crippen LogP contribution in [0.2, 0.25) is 0 Å². The molecule has 0 spiro atoms. The lowest BCUT2D eigenvalue weighted by atomic mass is 10.1. The maximum Gasteiger partial charge on any atom is 0.232 e. The van der Waals surface area contributed by atoms with E-state index in [-0.39, 0.29) is 24.9 Å². The van der Waals surface area contributed by atoms with Crippen LogP contribution in [-0.2, 0) is 14.8 Å². The van der Waals surface area contributed by atoms with Crippen molar-refractivity contribution in [3.8, 4) is 0 Å². The zero-order chi connectivity index (χ0) is 18.4. The number of amides is 1. The molecule has 6 heteroatoms. The van der Waals surface area contributed by atoms with E-state index in [1.165, 1.54) is 23.4 Å². The van der Waals surface area contributed by atoms with E-state index in [1.807, 2.05) is 32.0 Å². The number of hydrogen-bond donors (Lipinski definition) is 1. The molecular formula is C19H30N2O3S. The first-order chi connectivity index (χ1) is 11.8. The molecule has 2 rings (SSSR count). The van der Waals surface area contributed by atoms with Gasteiger partial charge < -0.3 is 5.32 Å². The van der Waals surface area contributed by atoms with Gasteiger partial charge in [0.15, 0.2) is 0 Å². The van der Waals surface area contributed by atoms with Crippen molar-refractivity contribution in [2.45, 2.75) is 64.8 Å². The monoisotopic (exact) mass is 366 g/mol. The Hall–Kier alpha value is -1.56. The number of rotatable bonds is 6. The molecule has 1 amide bonds. The first-order valence-corrected chi connectivity index (χ1v) is 11.0. The van der Waals surface area contributed by atoms with Gasteiger partial charge in [-0.15, -0.1) is 0 Å². The maximum absolute atomic E-state index is 12.3. The summed E-state index contributed by atoms with van der Waals surface area (Å²) in [6, 6.07) is 5.97. The van der Waals surface area contributed by atoms with Gasteiger partial charge in [-0.05, 0) is 43.9 Å². The minimum absolute atomic E-state index is 0.0640. The number of anilines is 1. The van der Waals surface area contributed by atoms with Crippen molar-refractivity contribution >= 4 is 21.6 Å². The van der Waals surface area contributed by atoms with Gasteiger partial charge >= 0.3 is 0 Å². The van der Waals surface area contributed by atoms with Crippen LogP contribution in [0.1, 0.15) is 56.1 Å². The average Bonchev–Trinajstić information content (AvgIpc) is 2.78. The van der Waals surface area contributed by atoms with E-state index in [2.05, 4.69) is 5.32 Å². The molecule has 1 fully saturated rings. The molecular weight excluding hydrogens is 336 g/mol. The second kappa shape index (κ2) is 8.70. The van der Waals surface area contributed by atoms with Crippen LogP contribution in [0.15, 0.2) is 18.2 Å². The number of benzene rings is 1. The van der Waals surface area contributed by atoms with Crippen LogP contribution >= 0.6 is 0 Å². The van der Waals surface area contributed by atoms with Crippen LogP contribution in [0.5, 0.6) is 0 Å². The number of sulfonamides is 1. The predicted molar refractivity (Wildman–Crippen MR) is 102 cm³/mol. The highest BCUT2D eigenvalue weighted by Gasteiger charge is 2.21. The standard InChI is InChI=1S/C19H30N2O3S/c1-15-10-11-16(2)18(14-15)21(25(3,23)24)13-12-19(22)20-17-8-6-4-5-7-9-17/h10-11,14,17H,4-9,12-13H2,1-3H3,(H,20,22). The molecule has 0 aromatic heterocycles. The molecule has 0 heterocycles. The van der Waals surface area contributed by atoms with Gasteiger partial charge in [-0.3, -0.25) is 9.10 Å². The van der Waals surface area contributed by atoms with Gasteiger partial charge in [0.05, 0.1) is 11.9 Å². The summed E-state index contributed by atoms with van der Waals surface area (Å²) in [5, 5.41) is 3.08. The quantitative estimate of drug-likeness (QED) is 0.786. The molecule has 1 saturated carbocycles. The number of carbonyl (C=O) groups is 1. The molecule has 0 unspecified atom stereocenters. The van der Waals surface area contributed by atoms with Crippen molar-refractivity contribution in [2.24, 2.45) is 0 Å². The normalized spacial score (nSPS) is 16.3. The summed E-state index contributed by atoms with van der Waals surface area (Å²) < 4.78 is 25.8. The van der Waals surface area contributed by atoms with Crippen LogP contribution in [-0.4, -0.2) is 33.2 Å². The van der Waals surface area contributed by atoms with E-state index in [0.29, 0.717) is 5.69 Å². The van der Waals surface area contributed by atoms with Crippen molar-refractivity contribution in [1.29, 1.82) is 0 Å². The van der Waals surface area contributed by atoms with Gasteiger partial charge in [-0.2, -0.15) is 0 Å². The smallest absolute Gasteiger partial charge is 0.232 e. The van der Waals surface area contributed by atoms with Crippen molar-refractivity contribution < 1.29 is 13.2 Å². The molecule has 0 radical (unpaired) electrons. The Morgan fingerprint density at radius 2 is 1.80 bits per heavy atom. The Bertz CT molecular complexity index is 693. The Morgan fingerprint density at radius 1 is 1.16 bits per heavy atom. The van der Waals surface area contributed by atoms with Crippen LogP contribution in [0, 0.1) is 13.8 Å². The third-order valence-corrected chi connectivity index (χ3v) is 5.98. The predicted octanol–water partition coefficient (Wildman–Crippen LogP) is 3.30. The van der Waals surface area contributed by atoms with Crippen molar-refractivity contribution in [2.75, 3.05) is 17.1 Å². The van der Waals surface area contributed by atoms with E-state index in [1.54, 1.807) is 0 Å². The SMILES string of the molecule is Cc1ccc(C)c(N(CCC(=O)NC2CCCCCC2)S(C)(=O)=O)c1. The first-order valence-electron chi connectivity index (χ1n) is 9.11. The minimum atomic E-state index is -3.44. The lowest BCUT2D eigenvalue weighted by Gasteiger charge is -2.25. The number of nitrogens with one attached hydrogen (secondary N) is 1. The fraction of sp³-hybridized carbons (Fsp3) is 0.632. The molecule has 140 valence electrons. The van der Waals surface area contributed by atoms with Crippen molar-refractivity contribution in [3.05, 3.63) is 29.3 Å². The molecule has 5 nitrogen and oxygen atoms in total. The third kappa shape index (κ3) is 6.03. The summed E-state index contributed by atoms with van der Waals surface area (Å²) >= 11 is 0. The molecule has 0 atom stereocenters. The van der Waals surface area contributed by atoms with Gasteiger partial charge in [-0.25, -0.2) is 8.42 Å². The molecule has 1 aromatic rings. The first kappa shape index (κ1) is 19.8. The Balaban J connectivity index is 2.03. The summed E-state index contributed by atoms with van der Waals surface area (Å²) in [6.07, 6.45) is 8.21. The lowest BCUT2D eigenvalue weighted by Crippen LogP contribution is -2.38. The topological polar surface area (TPSA) is 66.5 Å². The Kier molecular flexibility index (Phi) is 6.87. The lowest BCUT2D eigenvalue weighted by molar-refractivity contribution is -0.121. The van der Waals surface area contributed by atoms with Crippen molar-refractivity contribution in [3.63, 3.8) is 0 Å². The Morgan fingerprint density at radius 3 is 2.40 bits per heavy atom. The molecule has 0 saturated heterocycles. The molecule has 25 heavy (non-hydrogen) atoms. The minimum Gasteiger partial charge on any atom is -0.353 e. The second-order valence-electron chi connectivity index (χ2n) is 7.13. The zero-order valence-corrected chi connectivity index (χ0v) is 16.4. The highest BCUT2D eigenvalue weighted by atomic mass is 32.2. The highest BCUT2D eigenvalue weighted by molar-refractivity contribution is 7.92. The van der Waals surface area contributed by atoms with Crippen LogP contribution < -0.4 is 9.62 Å². The molecule has 1 aromatic carbocycles. The summed E-state index contributed by atoms with van der Waals surface area (Å²) in [5.41, 5.74) is 2.54. The van der Waals surface area contributed by atoms with Crippen molar-refractivity contribution in [1.82, 2.24) is 5.32 Å². The van der Waals surface area contributed by atoms with E-state index in [4.69, 9.17) is 0 Å². The van der Waals surface area contributed by atoms with E-state index in [0.717, 1.165) is 36.8 Å². The summed E-state index contributed by atoms with van der Waals surface area (Å²) in [7, 11) is -3.44. The van der Waals surface area contributed by atoms with Gasteiger partial charge in [-0.1, -0.05) is 37.8 Å². The van der Waals surface area contributed by atoms with Gasteiger partial charge in [0.25, 0.3) is 0 Å². The van der Waals surface area contributed by atoms with Crippen LogP contribution in [0.4, 0.5) is 5.69 Å². The zero-order valence-electron chi connectivity index (χ0n) is 15.5. The molecule has 1 aliphatic rings. The molecule has 1 aliphatic carbocycles. The summed E-state index contributed by atoms with van der Waals surface area (Å²) in [5.74, 6) is -0.0640. The highest BCUT2D eigenvalue weighted by Crippen LogP contribution is 2.24. The number of nitrogens with zero attached hydrogens (tertiary/aromatic N) is 1. The number of aryl methyl sites for hydroxylation is 2. The fourth-order valence-corrected chi connectivity index (χ4v) is 4.36. The number of carbonyl (C=O) groups excluding carboxylic acids is 1. The van der Waals surface area contributed by atoms with E-state index >= 15 is 0 Å². The summed E-state index contributed by atoms with van der Waals surface area (Å²) in [4.78, 5) is 12.3. The summed E-state index contributed by atoms with van der Waals surface area (Å²) in [6.45, 7) is 3.99. The largest absolute Gasteiger partial charge is 0.353 e. The average molecular weight is 367 g/mol. The van der Waals surface area contributed by atoms with E-state index < -0.39 is 10.0 Å². The van der Waals surface area contributed by atoms with Gasteiger partial charge in [0, 0.05) is 19.0 Å². The molecule has 1 N–H and O–H groups in total. The van der Waals surface area contributed by atoms with Crippen LogP contribution in [0.3, 0.4) is 0 Å². The fourth-order valence-electron chi connectivity index (χ4n) is 3.38. The van der Waals surface area contributed by atoms with Gasteiger partial charge in [0.1, 0.15) is 0 Å². The number of hydrogen-bond acceptors (Lipinski definition) is 3. The third-order valence-electron chi connectivity index (χ3n) is 4.80. The molecule has 0 aliphatic heterocycles.